The Morgan fingerprint density at radius 2 is 2.10 bits per heavy atom. The van der Waals surface area contributed by atoms with Gasteiger partial charge in [-0.05, 0) is 42.7 Å². The van der Waals surface area contributed by atoms with Gasteiger partial charge in [-0.25, -0.2) is 12.8 Å². The van der Waals surface area contributed by atoms with E-state index < -0.39 is 10.0 Å². The molecule has 1 atom stereocenters. The highest BCUT2D eigenvalue weighted by molar-refractivity contribution is 7.91. The van der Waals surface area contributed by atoms with Crippen molar-refractivity contribution in [3.63, 3.8) is 0 Å². The molecule has 0 radical (unpaired) electrons. The number of sulfonamides is 1. The van der Waals surface area contributed by atoms with Crippen LogP contribution in [0.5, 0.6) is 0 Å². The maximum atomic E-state index is 13.4. The standard InChI is InChI=1S/C14H13ClFNO2S2/c15-13-6-7-14(20-13)21(18,19)17-8-2-5-12(17)10-3-1-4-11(16)9-10/h1,3-4,6-7,9,12H,2,5,8H2. The summed E-state index contributed by atoms with van der Waals surface area (Å²) >= 11 is 6.88. The first-order valence-electron chi connectivity index (χ1n) is 6.51. The van der Waals surface area contributed by atoms with Gasteiger partial charge in [0, 0.05) is 6.54 Å². The van der Waals surface area contributed by atoms with Gasteiger partial charge in [0.2, 0.25) is 0 Å². The predicted molar refractivity (Wildman–Crippen MR) is 81.6 cm³/mol. The Hall–Kier alpha value is -0.950. The molecule has 0 amide bonds. The first kappa shape index (κ1) is 15.0. The number of benzene rings is 1. The van der Waals surface area contributed by atoms with Crippen LogP contribution in [0.2, 0.25) is 4.34 Å². The summed E-state index contributed by atoms with van der Waals surface area (Å²) in [5.41, 5.74) is 0.693. The van der Waals surface area contributed by atoms with Gasteiger partial charge < -0.3 is 0 Å². The van der Waals surface area contributed by atoms with E-state index in [4.69, 9.17) is 11.6 Å². The number of halogens is 2. The van der Waals surface area contributed by atoms with Crippen molar-refractivity contribution in [3.8, 4) is 0 Å². The summed E-state index contributed by atoms with van der Waals surface area (Å²) in [7, 11) is -3.58. The molecule has 21 heavy (non-hydrogen) atoms. The SMILES string of the molecule is O=S(=O)(c1ccc(Cl)s1)N1CCCC1c1cccc(F)c1. The Labute approximate surface area is 132 Å². The van der Waals surface area contributed by atoms with Crippen molar-refractivity contribution in [1.29, 1.82) is 0 Å². The predicted octanol–water partition coefficient (Wildman–Crippen LogP) is 4.07. The zero-order chi connectivity index (χ0) is 15.0. The summed E-state index contributed by atoms with van der Waals surface area (Å²) in [4.78, 5) is 0. The minimum Gasteiger partial charge on any atom is -0.207 e. The van der Waals surface area contributed by atoms with E-state index in [1.807, 2.05) is 0 Å². The first-order valence-corrected chi connectivity index (χ1v) is 9.14. The highest BCUT2D eigenvalue weighted by Gasteiger charge is 2.37. The lowest BCUT2D eigenvalue weighted by Gasteiger charge is -2.23. The minimum atomic E-state index is -3.58. The highest BCUT2D eigenvalue weighted by Crippen LogP contribution is 2.38. The molecule has 1 unspecified atom stereocenters. The zero-order valence-corrected chi connectivity index (χ0v) is 13.4. The van der Waals surface area contributed by atoms with Crippen molar-refractivity contribution in [1.82, 2.24) is 4.31 Å². The van der Waals surface area contributed by atoms with Crippen LogP contribution in [0.4, 0.5) is 4.39 Å². The molecule has 0 N–H and O–H groups in total. The third kappa shape index (κ3) is 2.85. The Balaban J connectivity index is 1.97. The average molecular weight is 346 g/mol. The third-order valence-corrected chi connectivity index (χ3v) is 7.16. The molecule has 1 aromatic carbocycles. The molecule has 1 fully saturated rings. The Morgan fingerprint density at radius 3 is 2.76 bits per heavy atom. The maximum Gasteiger partial charge on any atom is 0.253 e. The van der Waals surface area contributed by atoms with E-state index in [9.17, 15) is 12.8 Å². The lowest BCUT2D eigenvalue weighted by molar-refractivity contribution is 0.396. The van der Waals surface area contributed by atoms with Crippen LogP contribution >= 0.6 is 22.9 Å². The van der Waals surface area contributed by atoms with Gasteiger partial charge in [0.25, 0.3) is 10.0 Å². The van der Waals surface area contributed by atoms with Crippen LogP contribution in [-0.2, 0) is 10.0 Å². The molecular weight excluding hydrogens is 333 g/mol. The summed E-state index contributed by atoms with van der Waals surface area (Å²) in [5, 5.41) is 0. The minimum absolute atomic E-state index is 0.232. The molecular formula is C14H13ClFNO2S2. The second kappa shape index (κ2) is 5.68. The monoisotopic (exact) mass is 345 g/mol. The van der Waals surface area contributed by atoms with Gasteiger partial charge in [-0.1, -0.05) is 23.7 Å². The van der Waals surface area contributed by atoms with E-state index in [-0.39, 0.29) is 16.1 Å². The van der Waals surface area contributed by atoms with Gasteiger partial charge >= 0.3 is 0 Å². The van der Waals surface area contributed by atoms with Crippen LogP contribution in [0, 0.1) is 5.82 Å². The number of thiophene rings is 1. The van der Waals surface area contributed by atoms with E-state index in [1.165, 1.54) is 22.5 Å². The van der Waals surface area contributed by atoms with Gasteiger partial charge in [0.15, 0.2) is 0 Å². The van der Waals surface area contributed by atoms with Crippen molar-refractivity contribution >= 4 is 33.0 Å². The topological polar surface area (TPSA) is 37.4 Å². The number of hydrogen-bond acceptors (Lipinski definition) is 3. The Morgan fingerprint density at radius 1 is 1.29 bits per heavy atom. The van der Waals surface area contributed by atoms with Gasteiger partial charge in [0.1, 0.15) is 10.0 Å². The summed E-state index contributed by atoms with van der Waals surface area (Å²) in [6.45, 7) is 0.443. The Kier molecular flexibility index (Phi) is 4.05. The molecule has 1 saturated heterocycles. The highest BCUT2D eigenvalue weighted by atomic mass is 35.5. The molecule has 112 valence electrons. The average Bonchev–Trinajstić information content (AvgIpc) is 3.07. The molecule has 1 aliphatic rings. The fraction of sp³-hybridized carbons (Fsp3) is 0.286. The van der Waals surface area contributed by atoms with Gasteiger partial charge in [-0.3, -0.25) is 0 Å². The summed E-state index contributed by atoms with van der Waals surface area (Å²) in [6.07, 6.45) is 1.46. The molecule has 0 aliphatic carbocycles. The first-order chi connectivity index (χ1) is 9.98. The normalized spacial score (nSPS) is 20.0. The lowest BCUT2D eigenvalue weighted by atomic mass is 10.1. The smallest absolute Gasteiger partial charge is 0.207 e. The van der Waals surface area contributed by atoms with Crippen LogP contribution in [0.25, 0.3) is 0 Å². The number of hydrogen-bond donors (Lipinski definition) is 0. The van der Waals surface area contributed by atoms with E-state index in [2.05, 4.69) is 0 Å². The number of nitrogens with zero attached hydrogens (tertiary/aromatic N) is 1. The van der Waals surface area contributed by atoms with Crippen molar-refractivity contribution in [2.24, 2.45) is 0 Å². The van der Waals surface area contributed by atoms with Crippen LogP contribution in [0.15, 0.2) is 40.6 Å². The second-order valence-electron chi connectivity index (χ2n) is 4.89. The summed E-state index contributed by atoms with van der Waals surface area (Å²) < 4.78 is 40.9. The van der Waals surface area contributed by atoms with E-state index >= 15 is 0 Å². The Bertz CT molecular complexity index is 760. The fourth-order valence-corrected chi connectivity index (χ4v) is 5.92. The van der Waals surface area contributed by atoms with Gasteiger partial charge in [-0.2, -0.15) is 4.31 Å². The van der Waals surface area contributed by atoms with Crippen LogP contribution < -0.4 is 0 Å². The van der Waals surface area contributed by atoms with Crippen molar-refractivity contribution in [2.75, 3.05) is 6.54 Å². The fourth-order valence-electron chi connectivity index (χ4n) is 2.63. The van der Waals surface area contributed by atoms with Crippen LogP contribution in [0.3, 0.4) is 0 Å². The largest absolute Gasteiger partial charge is 0.253 e. The zero-order valence-electron chi connectivity index (χ0n) is 11.0. The third-order valence-electron chi connectivity index (χ3n) is 3.55. The summed E-state index contributed by atoms with van der Waals surface area (Å²) in [5.74, 6) is -0.351. The molecule has 0 bridgehead atoms. The lowest BCUT2D eigenvalue weighted by Crippen LogP contribution is -2.30. The van der Waals surface area contributed by atoms with Crippen molar-refractivity contribution in [2.45, 2.75) is 23.1 Å². The second-order valence-corrected chi connectivity index (χ2v) is 8.72. The molecule has 0 spiro atoms. The number of rotatable bonds is 3. The van der Waals surface area contributed by atoms with Gasteiger partial charge in [0.05, 0.1) is 10.4 Å². The van der Waals surface area contributed by atoms with E-state index in [0.29, 0.717) is 22.9 Å². The molecule has 1 aliphatic heterocycles. The van der Waals surface area contributed by atoms with E-state index in [1.54, 1.807) is 18.2 Å². The van der Waals surface area contributed by atoms with Gasteiger partial charge in [-0.15, -0.1) is 11.3 Å². The molecule has 3 nitrogen and oxygen atoms in total. The molecule has 2 aromatic rings. The molecule has 2 heterocycles. The van der Waals surface area contributed by atoms with Crippen LogP contribution in [-0.4, -0.2) is 19.3 Å². The van der Waals surface area contributed by atoms with Crippen LogP contribution in [0.1, 0.15) is 24.4 Å². The van der Waals surface area contributed by atoms with E-state index in [0.717, 1.165) is 17.8 Å². The summed E-state index contributed by atoms with van der Waals surface area (Å²) in [6, 6.07) is 8.91. The molecule has 7 heteroatoms. The molecule has 0 saturated carbocycles. The van der Waals surface area contributed by atoms with Crippen molar-refractivity contribution in [3.05, 3.63) is 52.1 Å². The quantitative estimate of drug-likeness (QED) is 0.841. The van der Waals surface area contributed by atoms with Crippen molar-refractivity contribution < 1.29 is 12.8 Å². The molecule has 1 aromatic heterocycles. The maximum absolute atomic E-state index is 13.4. The molecule has 3 rings (SSSR count).